The lowest BCUT2D eigenvalue weighted by Crippen LogP contribution is -2.40. The van der Waals surface area contributed by atoms with Crippen molar-refractivity contribution in [2.24, 2.45) is 0 Å². The fraction of sp³-hybridized carbons (Fsp3) is 0.391. The zero-order chi connectivity index (χ0) is 23.3. The molecule has 1 fully saturated rings. The van der Waals surface area contributed by atoms with Crippen LogP contribution in [-0.2, 0) is 32.3 Å². The molecule has 172 valence electrons. The van der Waals surface area contributed by atoms with E-state index in [4.69, 9.17) is 21.1 Å². The number of hydrogen-bond donors (Lipinski definition) is 0. The summed E-state index contributed by atoms with van der Waals surface area (Å²) in [6.45, 7) is 4.51. The van der Waals surface area contributed by atoms with Crippen LogP contribution in [0.4, 0.5) is 0 Å². The van der Waals surface area contributed by atoms with E-state index in [1.807, 2.05) is 32.0 Å². The quantitative estimate of drug-likeness (QED) is 0.425. The van der Waals surface area contributed by atoms with Crippen LogP contribution in [0.25, 0.3) is 0 Å². The Morgan fingerprint density at radius 2 is 1.78 bits per heavy atom. The summed E-state index contributed by atoms with van der Waals surface area (Å²) in [7, 11) is -3.89. The molecular weight excluding hydrogens is 454 g/mol. The van der Waals surface area contributed by atoms with Gasteiger partial charge in [-0.15, -0.1) is 0 Å². The second-order valence-electron chi connectivity index (χ2n) is 7.36. The summed E-state index contributed by atoms with van der Waals surface area (Å²) in [4.78, 5) is 25.1. The molecule has 0 saturated carbocycles. The highest BCUT2D eigenvalue weighted by Crippen LogP contribution is 2.27. The van der Waals surface area contributed by atoms with Crippen molar-refractivity contribution in [1.29, 1.82) is 0 Å². The monoisotopic (exact) mass is 479 g/mol. The third kappa shape index (κ3) is 5.38. The molecule has 0 aliphatic carbocycles. The molecule has 1 heterocycles. The Labute approximate surface area is 193 Å². The number of morpholine rings is 1. The highest BCUT2D eigenvalue weighted by atomic mass is 35.5. The van der Waals surface area contributed by atoms with E-state index in [9.17, 15) is 18.0 Å². The topological polar surface area (TPSA) is 90.0 Å². The van der Waals surface area contributed by atoms with Gasteiger partial charge in [0.05, 0.1) is 23.8 Å². The first-order valence-corrected chi connectivity index (χ1v) is 12.3. The summed E-state index contributed by atoms with van der Waals surface area (Å²) < 4.78 is 37.6. The van der Waals surface area contributed by atoms with Crippen LogP contribution in [0.2, 0.25) is 5.02 Å². The van der Waals surface area contributed by atoms with E-state index in [2.05, 4.69) is 0 Å². The molecule has 1 aliphatic rings. The standard InChI is InChI=1S/C23H26ClNO6S/c1-3-16-5-6-17(4-2)19(13-16)21(26)15-31-23(27)18-7-8-20(24)22(14-18)32(28,29)25-9-11-30-12-10-25/h5-8,13-14H,3-4,9-12,15H2,1-2H3. The Balaban J connectivity index is 1.76. The van der Waals surface area contributed by atoms with Crippen molar-refractivity contribution in [2.45, 2.75) is 31.6 Å². The molecule has 3 rings (SSSR count). The lowest BCUT2D eigenvalue weighted by atomic mass is 9.98. The second kappa shape index (κ2) is 10.6. The van der Waals surface area contributed by atoms with Gasteiger partial charge >= 0.3 is 5.97 Å². The number of rotatable bonds is 8. The molecule has 0 N–H and O–H groups in total. The fourth-order valence-corrected chi connectivity index (χ4v) is 5.37. The van der Waals surface area contributed by atoms with Crippen molar-refractivity contribution in [1.82, 2.24) is 4.31 Å². The van der Waals surface area contributed by atoms with Crippen molar-refractivity contribution in [3.05, 3.63) is 63.7 Å². The molecule has 0 spiro atoms. The molecule has 0 amide bonds. The summed E-state index contributed by atoms with van der Waals surface area (Å²) in [6.07, 6.45) is 1.47. The molecule has 7 nitrogen and oxygen atoms in total. The third-order valence-corrected chi connectivity index (χ3v) is 7.73. The van der Waals surface area contributed by atoms with Crippen molar-refractivity contribution in [3.8, 4) is 0 Å². The van der Waals surface area contributed by atoms with E-state index in [0.717, 1.165) is 17.5 Å². The van der Waals surface area contributed by atoms with Gasteiger partial charge in [0.25, 0.3) is 0 Å². The molecule has 2 aromatic carbocycles. The van der Waals surface area contributed by atoms with Crippen LogP contribution in [0.5, 0.6) is 0 Å². The summed E-state index contributed by atoms with van der Waals surface area (Å²) in [5.41, 5.74) is 2.44. The number of benzene rings is 2. The SMILES string of the molecule is CCc1ccc(CC)c(C(=O)COC(=O)c2ccc(Cl)c(S(=O)(=O)N3CCOCC3)c2)c1. The number of aryl methyl sites for hydroxylation is 2. The molecule has 0 aromatic heterocycles. The van der Waals surface area contributed by atoms with Gasteiger partial charge in [-0.25, -0.2) is 13.2 Å². The van der Waals surface area contributed by atoms with Gasteiger partial charge in [-0.05, 0) is 48.2 Å². The Hall–Kier alpha value is -2.26. The maximum absolute atomic E-state index is 12.9. The van der Waals surface area contributed by atoms with Gasteiger partial charge in [-0.1, -0.05) is 37.6 Å². The van der Waals surface area contributed by atoms with Crippen LogP contribution >= 0.6 is 11.6 Å². The van der Waals surface area contributed by atoms with E-state index in [1.54, 1.807) is 0 Å². The first-order valence-electron chi connectivity index (χ1n) is 10.5. The number of nitrogens with zero attached hydrogens (tertiary/aromatic N) is 1. The van der Waals surface area contributed by atoms with E-state index in [0.29, 0.717) is 25.2 Å². The van der Waals surface area contributed by atoms with Gasteiger partial charge < -0.3 is 9.47 Å². The maximum Gasteiger partial charge on any atom is 0.338 e. The molecular formula is C23H26ClNO6S. The molecule has 0 bridgehead atoms. The molecule has 0 unspecified atom stereocenters. The van der Waals surface area contributed by atoms with Gasteiger partial charge in [-0.2, -0.15) is 4.31 Å². The van der Waals surface area contributed by atoms with E-state index in [1.165, 1.54) is 22.5 Å². The minimum absolute atomic E-state index is 0.00654. The molecule has 1 aliphatic heterocycles. The fourth-order valence-electron chi connectivity index (χ4n) is 3.46. The van der Waals surface area contributed by atoms with Gasteiger partial charge in [0, 0.05) is 18.7 Å². The highest BCUT2D eigenvalue weighted by Gasteiger charge is 2.29. The van der Waals surface area contributed by atoms with Crippen LogP contribution in [0.15, 0.2) is 41.3 Å². The average Bonchev–Trinajstić information content (AvgIpc) is 2.82. The normalized spacial score (nSPS) is 14.8. The zero-order valence-electron chi connectivity index (χ0n) is 18.1. The molecule has 0 atom stereocenters. The van der Waals surface area contributed by atoms with Crippen LogP contribution < -0.4 is 0 Å². The van der Waals surface area contributed by atoms with Gasteiger partial charge in [-0.3, -0.25) is 4.79 Å². The smallest absolute Gasteiger partial charge is 0.338 e. The molecule has 9 heteroatoms. The third-order valence-electron chi connectivity index (χ3n) is 5.35. The van der Waals surface area contributed by atoms with Crippen molar-refractivity contribution >= 4 is 33.4 Å². The van der Waals surface area contributed by atoms with Gasteiger partial charge in [0.15, 0.2) is 6.61 Å². The molecule has 32 heavy (non-hydrogen) atoms. The average molecular weight is 480 g/mol. The number of Topliss-reactive ketones (excluding diaryl/α,β-unsaturated/α-hetero) is 1. The summed E-state index contributed by atoms with van der Waals surface area (Å²) >= 11 is 6.13. The largest absolute Gasteiger partial charge is 0.454 e. The number of esters is 1. The Morgan fingerprint density at radius 3 is 2.44 bits per heavy atom. The number of carbonyl (C=O) groups excluding carboxylic acids is 2. The number of hydrogen-bond acceptors (Lipinski definition) is 6. The number of ketones is 1. The van der Waals surface area contributed by atoms with Gasteiger partial charge in [0.2, 0.25) is 15.8 Å². The predicted molar refractivity (Wildman–Crippen MR) is 121 cm³/mol. The number of halogens is 1. The number of sulfonamides is 1. The Kier molecular flexibility index (Phi) is 8.05. The predicted octanol–water partition coefficient (Wildman–Crippen LogP) is 3.53. The summed E-state index contributed by atoms with van der Waals surface area (Å²) in [5, 5.41) is 0.00749. The molecule has 0 radical (unpaired) electrons. The van der Waals surface area contributed by atoms with Crippen LogP contribution in [-0.4, -0.2) is 57.4 Å². The zero-order valence-corrected chi connectivity index (χ0v) is 19.7. The maximum atomic E-state index is 12.9. The lowest BCUT2D eigenvalue weighted by molar-refractivity contribution is 0.0474. The van der Waals surface area contributed by atoms with Gasteiger partial charge in [0.1, 0.15) is 4.90 Å². The Morgan fingerprint density at radius 1 is 1.06 bits per heavy atom. The molecule has 2 aromatic rings. The number of carbonyl (C=O) groups is 2. The van der Waals surface area contributed by atoms with Crippen LogP contribution in [0.3, 0.4) is 0 Å². The van der Waals surface area contributed by atoms with Crippen molar-refractivity contribution < 1.29 is 27.5 Å². The van der Waals surface area contributed by atoms with E-state index < -0.39 is 22.6 Å². The first-order chi connectivity index (χ1) is 15.3. The van der Waals surface area contributed by atoms with Crippen LogP contribution in [0, 0.1) is 0 Å². The lowest BCUT2D eigenvalue weighted by Gasteiger charge is -2.26. The van der Waals surface area contributed by atoms with E-state index in [-0.39, 0.29) is 34.4 Å². The van der Waals surface area contributed by atoms with Crippen molar-refractivity contribution in [2.75, 3.05) is 32.9 Å². The highest BCUT2D eigenvalue weighted by molar-refractivity contribution is 7.89. The minimum atomic E-state index is -3.89. The summed E-state index contributed by atoms with van der Waals surface area (Å²) in [5.74, 6) is -1.10. The number of ether oxygens (including phenoxy) is 2. The second-order valence-corrected chi connectivity index (χ2v) is 9.67. The Bertz CT molecular complexity index is 1110. The minimum Gasteiger partial charge on any atom is -0.454 e. The molecule has 1 saturated heterocycles. The first kappa shape index (κ1) is 24.4. The van der Waals surface area contributed by atoms with E-state index >= 15 is 0 Å². The van der Waals surface area contributed by atoms with Crippen molar-refractivity contribution in [3.63, 3.8) is 0 Å². The van der Waals surface area contributed by atoms with Crippen LogP contribution in [0.1, 0.15) is 45.7 Å². The summed E-state index contributed by atoms with van der Waals surface area (Å²) in [6, 6.07) is 9.62.